The van der Waals surface area contributed by atoms with Crippen molar-refractivity contribution in [3.63, 3.8) is 0 Å². The van der Waals surface area contributed by atoms with Crippen molar-refractivity contribution >= 4 is 0 Å². The highest BCUT2D eigenvalue weighted by Crippen LogP contribution is 2.16. The van der Waals surface area contributed by atoms with Crippen molar-refractivity contribution in [1.29, 1.82) is 0 Å². The number of rotatable bonds is 3. The molecule has 2 N–H and O–H groups in total. The van der Waals surface area contributed by atoms with E-state index in [1.807, 2.05) is 18.3 Å². The molecule has 94 valence electrons. The van der Waals surface area contributed by atoms with Gasteiger partial charge in [0.05, 0.1) is 5.69 Å². The molecule has 2 heterocycles. The van der Waals surface area contributed by atoms with Crippen LogP contribution in [0.5, 0.6) is 0 Å². The first-order valence-electron chi connectivity index (χ1n) is 6.25. The third-order valence-corrected chi connectivity index (χ3v) is 3.48. The molecule has 2 rings (SSSR count). The minimum atomic E-state index is 0.436. The summed E-state index contributed by atoms with van der Waals surface area (Å²) in [7, 11) is 2.16. The van der Waals surface area contributed by atoms with E-state index in [4.69, 9.17) is 5.73 Å². The fourth-order valence-electron chi connectivity index (χ4n) is 2.63. The molecule has 1 aliphatic heterocycles. The zero-order chi connectivity index (χ0) is 12.3. The quantitative estimate of drug-likeness (QED) is 0.829. The Balaban J connectivity index is 2.07. The maximum absolute atomic E-state index is 5.88. The van der Waals surface area contributed by atoms with Gasteiger partial charge in [0.1, 0.15) is 0 Å². The van der Waals surface area contributed by atoms with E-state index in [2.05, 4.69) is 34.8 Å². The normalized spacial score (nSPS) is 27.2. The van der Waals surface area contributed by atoms with Crippen molar-refractivity contribution in [1.82, 2.24) is 14.8 Å². The summed E-state index contributed by atoms with van der Waals surface area (Å²) in [6.07, 6.45) is 1.85. The van der Waals surface area contributed by atoms with Gasteiger partial charge in [0.2, 0.25) is 0 Å². The van der Waals surface area contributed by atoms with Crippen LogP contribution < -0.4 is 5.73 Å². The molecule has 0 bridgehead atoms. The molecule has 1 aromatic rings. The van der Waals surface area contributed by atoms with Gasteiger partial charge in [-0.05, 0) is 26.1 Å². The summed E-state index contributed by atoms with van der Waals surface area (Å²) in [6.45, 7) is 6.03. The maximum Gasteiger partial charge on any atom is 0.0544 e. The van der Waals surface area contributed by atoms with E-state index < -0.39 is 0 Å². The van der Waals surface area contributed by atoms with Crippen LogP contribution in [0.3, 0.4) is 0 Å². The van der Waals surface area contributed by atoms with Crippen LogP contribution in [0.4, 0.5) is 0 Å². The van der Waals surface area contributed by atoms with Crippen LogP contribution in [-0.2, 0) is 6.54 Å². The molecule has 0 radical (unpaired) electrons. The summed E-state index contributed by atoms with van der Waals surface area (Å²) >= 11 is 0. The summed E-state index contributed by atoms with van der Waals surface area (Å²) < 4.78 is 0. The molecule has 0 aliphatic carbocycles. The average molecular weight is 234 g/mol. The van der Waals surface area contributed by atoms with Crippen LogP contribution in [-0.4, -0.2) is 53.5 Å². The average Bonchev–Trinajstić information content (AvgIpc) is 2.33. The molecule has 17 heavy (non-hydrogen) atoms. The standard InChI is InChI=1S/C13H22N4/c1-11-8-16(2)10-13(7-14)17(11)9-12-5-3-4-6-15-12/h3-6,11,13H,7-10,14H2,1-2H3. The van der Waals surface area contributed by atoms with Gasteiger partial charge in [-0.15, -0.1) is 0 Å². The van der Waals surface area contributed by atoms with Crippen molar-refractivity contribution in [3.05, 3.63) is 30.1 Å². The molecule has 1 aromatic heterocycles. The fourth-order valence-corrected chi connectivity index (χ4v) is 2.63. The Labute approximate surface area is 103 Å². The molecule has 4 heteroatoms. The van der Waals surface area contributed by atoms with Gasteiger partial charge in [0.25, 0.3) is 0 Å². The van der Waals surface area contributed by atoms with Crippen molar-refractivity contribution in [2.75, 3.05) is 26.7 Å². The number of hydrogen-bond acceptors (Lipinski definition) is 4. The predicted octanol–water partition coefficient (Wildman–Crippen LogP) is 0.545. The van der Waals surface area contributed by atoms with Crippen LogP contribution in [0.25, 0.3) is 0 Å². The lowest BCUT2D eigenvalue weighted by molar-refractivity contribution is 0.0401. The lowest BCUT2D eigenvalue weighted by Crippen LogP contribution is -2.58. The molecule has 0 spiro atoms. The number of piperazine rings is 1. The minimum absolute atomic E-state index is 0.436. The first kappa shape index (κ1) is 12.5. The summed E-state index contributed by atoms with van der Waals surface area (Å²) in [5.74, 6) is 0. The Bertz CT molecular complexity index is 341. The molecular formula is C13H22N4. The number of nitrogens with two attached hydrogens (primary N) is 1. The Kier molecular flexibility index (Phi) is 4.10. The van der Waals surface area contributed by atoms with E-state index >= 15 is 0 Å². The van der Waals surface area contributed by atoms with Gasteiger partial charge in [-0.1, -0.05) is 6.07 Å². The summed E-state index contributed by atoms with van der Waals surface area (Å²) in [4.78, 5) is 9.23. The van der Waals surface area contributed by atoms with Crippen LogP contribution in [0.1, 0.15) is 12.6 Å². The van der Waals surface area contributed by atoms with Crippen molar-refractivity contribution in [2.45, 2.75) is 25.6 Å². The second-order valence-corrected chi connectivity index (χ2v) is 4.95. The topological polar surface area (TPSA) is 45.4 Å². The molecule has 1 saturated heterocycles. The van der Waals surface area contributed by atoms with Crippen molar-refractivity contribution < 1.29 is 0 Å². The number of nitrogens with zero attached hydrogens (tertiary/aromatic N) is 3. The Morgan fingerprint density at radius 1 is 1.41 bits per heavy atom. The maximum atomic E-state index is 5.88. The van der Waals surface area contributed by atoms with Gasteiger partial charge in [-0.2, -0.15) is 0 Å². The summed E-state index contributed by atoms with van der Waals surface area (Å²) in [6, 6.07) is 7.05. The van der Waals surface area contributed by atoms with Gasteiger partial charge in [0.15, 0.2) is 0 Å². The molecule has 1 fully saturated rings. The Morgan fingerprint density at radius 2 is 2.24 bits per heavy atom. The van der Waals surface area contributed by atoms with Crippen LogP contribution in [0.2, 0.25) is 0 Å². The van der Waals surface area contributed by atoms with E-state index in [-0.39, 0.29) is 0 Å². The van der Waals surface area contributed by atoms with Gasteiger partial charge in [-0.25, -0.2) is 0 Å². The zero-order valence-corrected chi connectivity index (χ0v) is 10.7. The molecule has 2 atom stereocenters. The van der Waals surface area contributed by atoms with E-state index in [1.165, 1.54) is 0 Å². The van der Waals surface area contributed by atoms with E-state index in [0.717, 1.165) is 25.3 Å². The smallest absolute Gasteiger partial charge is 0.0544 e. The van der Waals surface area contributed by atoms with E-state index in [0.29, 0.717) is 18.6 Å². The molecule has 0 saturated carbocycles. The van der Waals surface area contributed by atoms with Crippen LogP contribution in [0.15, 0.2) is 24.4 Å². The third kappa shape index (κ3) is 3.03. The number of likely N-dealkylation sites (N-methyl/N-ethyl adjacent to an activating group) is 1. The lowest BCUT2D eigenvalue weighted by atomic mass is 10.1. The molecule has 0 amide bonds. The largest absolute Gasteiger partial charge is 0.329 e. The number of pyridine rings is 1. The Morgan fingerprint density at radius 3 is 2.88 bits per heavy atom. The second kappa shape index (κ2) is 5.58. The SMILES string of the molecule is CC1CN(C)CC(CN)N1Cc1ccccn1. The number of hydrogen-bond donors (Lipinski definition) is 1. The first-order chi connectivity index (χ1) is 8.20. The zero-order valence-electron chi connectivity index (χ0n) is 10.7. The van der Waals surface area contributed by atoms with Gasteiger partial charge >= 0.3 is 0 Å². The molecular weight excluding hydrogens is 212 g/mol. The Hall–Kier alpha value is -0.970. The van der Waals surface area contributed by atoms with Gasteiger partial charge < -0.3 is 10.6 Å². The second-order valence-electron chi connectivity index (χ2n) is 4.95. The number of aromatic nitrogens is 1. The molecule has 4 nitrogen and oxygen atoms in total. The highest BCUT2D eigenvalue weighted by molar-refractivity contribution is 5.04. The summed E-state index contributed by atoms with van der Waals surface area (Å²) in [5, 5.41) is 0. The van der Waals surface area contributed by atoms with Gasteiger partial charge in [-0.3, -0.25) is 9.88 Å². The first-order valence-corrected chi connectivity index (χ1v) is 6.25. The third-order valence-electron chi connectivity index (χ3n) is 3.48. The fraction of sp³-hybridized carbons (Fsp3) is 0.615. The van der Waals surface area contributed by atoms with Crippen LogP contribution >= 0.6 is 0 Å². The van der Waals surface area contributed by atoms with Gasteiger partial charge in [0, 0.05) is 44.5 Å². The molecule has 1 aliphatic rings. The van der Waals surface area contributed by atoms with Crippen molar-refractivity contribution in [3.8, 4) is 0 Å². The lowest BCUT2D eigenvalue weighted by Gasteiger charge is -2.44. The van der Waals surface area contributed by atoms with E-state index in [1.54, 1.807) is 0 Å². The molecule has 2 unspecified atom stereocenters. The highest BCUT2D eigenvalue weighted by Gasteiger charge is 2.29. The highest BCUT2D eigenvalue weighted by atomic mass is 15.3. The van der Waals surface area contributed by atoms with Crippen molar-refractivity contribution in [2.24, 2.45) is 5.73 Å². The van der Waals surface area contributed by atoms with E-state index in [9.17, 15) is 0 Å². The minimum Gasteiger partial charge on any atom is -0.329 e. The summed E-state index contributed by atoms with van der Waals surface area (Å²) in [5.41, 5.74) is 7.01. The van der Waals surface area contributed by atoms with Crippen LogP contribution in [0, 0.1) is 0 Å². The predicted molar refractivity (Wildman–Crippen MR) is 69.6 cm³/mol. The monoisotopic (exact) mass is 234 g/mol. The molecule has 0 aromatic carbocycles.